The van der Waals surface area contributed by atoms with Crippen LogP contribution >= 0.6 is 0 Å². The molecule has 2 aliphatic heterocycles. The van der Waals surface area contributed by atoms with Crippen molar-refractivity contribution in [1.82, 2.24) is 9.88 Å². The van der Waals surface area contributed by atoms with Crippen LogP contribution in [0.1, 0.15) is 16.7 Å². The van der Waals surface area contributed by atoms with Gasteiger partial charge in [0.15, 0.2) is 0 Å². The quantitative estimate of drug-likeness (QED) is 0.853. The first-order valence-electron chi connectivity index (χ1n) is 8.34. The molecule has 0 saturated carbocycles. The summed E-state index contributed by atoms with van der Waals surface area (Å²) in [5.41, 5.74) is 4.85. The number of likely N-dealkylation sites (N-methyl/N-ethyl adjacent to an activating group) is 1. The van der Waals surface area contributed by atoms with Crippen LogP contribution in [0.3, 0.4) is 0 Å². The molecule has 0 N–H and O–H groups in total. The topological polar surface area (TPSA) is 31.7 Å². The van der Waals surface area contributed by atoms with Gasteiger partial charge in [-0.05, 0) is 31.2 Å². The van der Waals surface area contributed by atoms with Crippen LogP contribution in [0.5, 0.6) is 0 Å². The lowest BCUT2D eigenvalue weighted by atomic mass is 9.94. The molecule has 2 aliphatic rings. The lowest BCUT2D eigenvalue weighted by molar-refractivity contribution is 0.312. The smallest absolute Gasteiger partial charge is 0.128 e. The van der Waals surface area contributed by atoms with Gasteiger partial charge in [0, 0.05) is 50.0 Å². The number of hydrogen-bond acceptors (Lipinski definition) is 4. The molecule has 23 heavy (non-hydrogen) atoms. The van der Waals surface area contributed by atoms with E-state index in [2.05, 4.69) is 53.2 Å². The van der Waals surface area contributed by atoms with Gasteiger partial charge in [-0.2, -0.15) is 0 Å². The first-order chi connectivity index (χ1) is 11.3. The van der Waals surface area contributed by atoms with Crippen LogP contribution in [0.15, 0.2) is 47.6 Å². The summed E-state index contributed by atoms with van der Waals surface area (Å²) < 4.78 is 0. The number of nitrogens with zero attached hydrogens (tertiary/aromatic N) is 4. The number of anilines is 1. The van der Waals surface area contributed by atoms with Gasteiger partial charge in [-0.1, -0.05) is 24.3 Å². The average Bonchev–Trinajstić information content (AvgIpc) is 2.62. The highest BCUT2D eigenvalue weighted by molar-refractivity contribution is 6.14. The predicted octanol–water partition coefficient (Wildman–Crippen LogP) is 2.23. The van der Waals surface area contributed by atoms with E-state index in [0.29, 0.717) is 0 Å². The summed E-state index contributed by atoms with van der Waals surface area (Å²) >= 11 is 0. The fourth-order valence-corrected chi connectivity index (χ4v) is 3.34. The van der Waals surface area contributed by atoms with Gasteiger partial charge in [0.2, 0.25) is 0 Å². The van der Waals surface area contributed by atoms with E-state index in [1.165, 1.54) is 11.1 Å². The van der Waals surface area contributed by atoms with Crippen LogP contribution in [0.2, 0.25) is 0 Å². The van der Waals surface area contributed by atoms with Crippen molar-refractivity contribution >= 4 is 11.5 Å². The number of piperazine rings is 1. The molecule has 1 aromatic heterocycles. The SMILES string of the molecule is CN1CCN(c2ccc(C3=NCCc4ccccc43)cn2)CC1. The molecule has 4 heteroatoms. The molecule has 3 heterocycles. The molecule has 0 atom stereocenters. The minimum absolute atomic E-state index is 0.868. The van der Waals surface area contributed by atoms with E-state index >= 15 is 0 Å². The van der Waals surface area contributed by atoms with E-state index in [1.807, 2.05) is 6.20 Å². The second-order valence-electron chi connectivity index (χ2n) is 6.33. The molecule has 0 bridgehead atoms. The van der Waals surface area contributed by atoms with Crippen molar-refractivity contribution in [2.75, 3.05) is 44.7 Å². The van der Waals surface area contributed by atoms with Crippen molar-refractivity contribution in [2.45, 2.75) is 6.42 Å². The van der Waals surface area contributed by atoms with Gasteiger partial charge in [0.05, 0.1) is 5.71 Å². The van der Waals surface area contributed by atoms with Gasteiger partial charge in [-0.25, -0.2) is 4.98 Å². The summed E-state index contributed by atoms with van der Waals surface area (Å²) in [4.78, 5) is 14.2. The fourth-order valence-electron chi connectivity index (χ4n) is 3.34. The van der Waals surface area contributed by atoms with E-state index in [-0.39, 0.29) is 0 Å². The Bertz CT molecular complexity index is 712. The molecule has 0 amide bonds. The van der Waals surface area contributed by atoms with Crippen LogP contribution < -0.4 is 4.90 Å². The molecule has 1 aromatic carbocycles. The molecule has 4 rings (SSSR count). The Morgan fingerprint density at radius 2 is 1.78 bits per heavy atom. The Labute approximate surface area is 137 Å². The third-order valence-electron chi connectivity index (χ3n) is 4.77. The molecule has 1 fully saturated rings. The Hall–Kier alpha value is -2.20. The van der Waals surface area contributed by atoms with Crippen LogP contribution in [0, 0.1) is 0 Å². The lowest BCUT2D eigenvalue weighted by Gasteiger charge is -2.33. The number of pyridine rings is 1. The van der Waals surface area contributed by atoms with Crippen molar-refractivity contribution in [3.8, 4) is 0 Å². The summed E-state index contributed by atoms with van der Waals surface area (Å²) in [6, 6.07) is 12.9. The minimum Gasteiger partial charge on any atom is -0.354 e. The second-order valence-corrected chi connectivity index (χ2v) is 6.33. The number of aliphatic imine (C=N–C) groups is 1. The molecular weight excluding hydrogens is 284 g/mol. The van der Waals surface area contributed by atoms with Gasteiger partial charge in [-0.3, -0.25) is 4.99 Å². The van der Waals surface area contributed by atoms with Crippen molar-refractivity contribution in [3.63, 3.8) is 0 Å². The van der Waals surface area contributed by atoms with E-state index in [0.717, 1.165) is 56.2 Å². The molecule has 1 saturated heterocycles. The van der Waals surface area contributed by atoms with E-state index in [4.69, 9.17) is 9.98 Å². The third kappa shape index (κ3) is 2.86. The highest BCUT2D eigenvalue weighted by atomic mass is 15.3. The van der Waals surface area contributed by atoms with Crippen molar-refractivity contribution < 1.29 is 0 Å². The summed E-state index contributed by atoms with van der Waals surface area (Å²) in [5, 5.41) is 0. The van der Waals surface area contributed by atoms with Crippen LogP contribution in [-0.2, 0) is 6.42 Å². The maximum absolute atomic E-state index is 4.75. The fraction of sp³-hybridized carbons (Fsp3) is 0.368. The zero-order chi connectivity index (χ0) is 15.6. The molecule has 0 spiro atoms. The molecule has 0 aliphatic carbocycles. The summed E-state index contributed by atoms with van der Waals surface area (Å²) in [5.74, 6) is 1.08. The highest BCUT2D eigenvalue weighted by Gasteiger charge is 2.18. The highest BCUT2D eigenvalue weighted by Crippen LogP contribution is 2.21. The van der Waals surface area contributed by atoms with Gasteiger partial charge < -0.3 is 9.80 Å². The van der Waals surface area contributed by atoms with E-state index in [1.54, 1.807) is 0 Å². The predicted molar refractivity (Wildman–Crippen MR) is 94.6 cm³/mol. The second kappa shape index (κ2) is 6.13. The average molecular weight is 306 g/mol. The standard InChI is InChI=1S/C19H22N4/c1-22-10-12-23(13-11-22)18-7-6-16(14-21-18)19-17-5-3-2-4-15(17)8-9-20-19/h2-7,14H,8-13H2,1H3. The monoisotopic (exact) mass is 306 g/mol. The molecule has 0 radical (unpaired) electrons. The summed E-state index contributed by atoms with van der Waals surface area (Å²) in [6.45, 7) is 5.17. The Kier molecular flexibility index (Phi) is 3.83. The molecular formula is C19H22N4. The molecule has 2 aromatic rings. The van der Waals surface area contributed by atoms with Crippen LogP contribution in [-0.4, -0.2) is 55.4 Å². The number of rotatable bonds is 2. The van der Waals surface area contributed by atoms with Crippen molar-refractivity contribution in [2.24, 2.45) is 4.99 Å². The number of aromatic nitrogens is 1. The third-order valence-corrected chi connectivity index (χ3v) is 4.77. The van der Waals surface area contributed by atoms with Crippen molar-refractivity contribution in [3.05, 3.63) is 59.3 Å². The first-order valence-corrected chi connectivity index (χ1v) is 8.34. The minimum atomic E-state index is 0.868. The lowest BCUT2D eigenvalue weighted by Crippen LogP contribution is -2.44. The number of hydrogen-bond donors (Lipinski definition) is 0. The Morgan fingerprint density at radius 3 is 2.57 bits per heavy atom. The molecule has 118 valence electrons. The largest absolute Gasteiger partial charge is 0.354 e. The maximum atomic E-state index is 4.75. The summed E-state index contributed by atoms with van der Waals surface area (Å²) in [6.07, 6.45) is 3.01. The van der Waals surface area contributed by atoms with E-state index in [9.17, 15) is 0 Å². The Morgan fingerprint density at radius 1 is 0.957 bits per heavy atom. The van der Waals surface area contributed by atoms with Gasteiger partial charge in [-0.15, -0.1) is 0 Å². The van der Waals surface area contributed by atoms with Crippen LogP contribution in [0.25, 0.3) is 0 Å². The van der Waals surface area contributed by atoms with Gasteiger partial charge in [0.25, 0.3) is 0 Å². The number of benzene rings is 1. The van der Waals surface area contributed by atoms with Crippen LogP contribution in [0.4, 0.5) is 5.82 Å². The molecule has 0 unspecified atom stereocenters. The van der Waals surface area contributed by atoms with E-state index < -0.39 is 0 Å². The zero-order valence-electron chi connectivity index (χ0n) is 13.6. The maximum Gasteiger partial charge on any atom is 0.128 e. The number of fused-ring (bicyclic) bond motifs is 1. The van der Waals surface area contributed by atoms with Gasteiger partial charge in [0.1, 0.15) is 5.82 Å². The normalized spacial score (nSPS) is 18.5. The zero-order valence-corrected chi connectivity index (χ0v) is 13.6. The Balaban J connectivity index is 1.58. The van der Waals surface area contributed by atoms with Gasteiger partial charge >= 0.3 is 0 Å². The summed E-state index contributed by atoms with van der Waals surface area (Å²) in [7, 11) is 2.17. The van der Waals surface area contributed by atoms with Crippen molar-refractivity contribution in [1.29, 1.82) is 0 Å². The first kappa shape index (κ1) is 14.4. The molecule has 4 nitrogen and oxygen atoms in total.